The summed E-state index contributed by atoms with van der Waals surface area (Å²) in [4.78, 5) is 12.3. The number of ether oxygens (including phenoxy) is 1. The molecule has 3 rings (SSSR count). The average Bonchev–Trinajstić information content (AvgIpc) is 2.80. The Labute approximate surface area is 127 Å². The fraction of sp³-hybridized carbons (Fsp3) is 0.118. The quantitative estimate of drug-likeness (QED) is 0.661. The molecule has 0 aliphatic heterocycles. The highest BCUT2D eigenvalue weighted by atomic mass is 35.5. The molecule has 4 heteroatoms. The summed E-state index contributed by atoms with van der Waals surface area (Å²) in [5, 5.41) is 1.47. The van der Waals surface area contributed by atoms with E-state index in [0.717, 1.165) is 22.2 Å². The van der Waals surface area contributed by atoms with E-state index in [1.54, 1.807) is 0 Å². The number of esters is 1. The highest BCUT2D eigenvalue weighted by molar-refractivity contribution is 6.33. The Morgan fingerprint density at radius 1 is 1.10 bits per heavy atom. The third-order valence-electron chi connectivity index (χ3n) is 3.63. The van der Waals surface area contributed by atoms with E-state index in [1.807, 2.05) is 60.1 Å². The number of rotatable bonds is 2. The second kappa shape index (κ2) is 5.26. The van der Waals surface area contributed by atoms with E-state index in [-0.39, 0.29) is 5.97 Å². The van der Waals surface area contributed by atoms with E-state index in [9.17, 15) is 4.79 Å². The molecule has 106 valence electrons. The first-order chi connectivity index (χ1) is 10.1. The molecule has 0 bridgehead atoms. The monoisotopic (exact) mass is 299 g/mol. The van der Waals surface area contributed by atoms with Gasteiger partial charge >= 0.3 is 5.97 Å². The Hall–Kier alpha value is -2.26. The van der Waals surface area contributed by atoms with Gasteiger partial charge in [0.25, 0.3) is 0 Å². The van der Waals surface area contributed by atoms with Crippen LogP contribution < -0.4 is 0 Å². The van der Waals surface area contributed by atoms with E-state index in [4.69, 9.17) is 16.3 Å². The van der Waals surface area contributed by atoms with Gasteiger partial charge in [0.15, 0.2) is 0 Å². The molecule has 0 unspecified atom stereocenters. The fourth-order valence-electron chi connectivity index (χ4n) is 2.67. The Kier molecular flexibility index (Phi) is 3.43. The Morgan fingerprint density at radius 3 is 2.48 bits per heavy atom. The summed E-state index contributed by atoms with van der Waals surface area (Å²) in [5.41, 5.74) is 3.10. The molecule has 2 aromatic carbocycles. The number of benzene rings is 2. The third kappa shape index (κ3) is 2.10. The van der Waals surface area contributed by atoms with Crippen LogP contribution in [0, 0.1) is 0 Å². The number of fused-ring (bicyclic) bond motifs is 1. The lowest BCUT2D eigenvalue weighted by Gasteiger charge is -2.09. The molecule has 0 N–H and O–H groups in total. The number of aromatic nitrogens is 1. The van der Waals surface area contributed by atoms with Crippen molar-refractivity contribution >= 4 is 28.5 Å². The molecular formula is C17H14ClNO2. The van der Waals surface area contributed by atoms with Gasteiger partial charge in [-0.15, -0.1) is 0 Å². The molecule has 1 aromatic heterocycles. The van der Waals surface area contributed by atoms with Gasteiger partial charge in [-0.3, -0.25) is 0 Å². The number of para-hydroxylation sites is 1. The summed E-state index contributed by atoms with van der Waals surface area (Å²) in [6.45, 7) is 0. The zero-order chi connectivity index (χ0) is 15.0. The molecule has 0 spiro atoms. The lowest BCUT2D eigenvalue weighted by molar-refractivity contribution is 0.0603. The van der Waals surface area contributed by atoms with Gasteiger partial charge in [0.1, 0.15) is 0 Å². The molecule has 0 amide bonds. The SMILES string of the molecule is COC(=O)c1c(-c2ccccc2Cl)n(C)c2ccccc12. The fourth-order valence-corrected chi connectivity index (χ4v) is 2.90. The van der Waals surface area contributed by atoms with Gasteiger partial charge in [-0.2, -0.15) is 0 Å². The minimum Gasteiger partial charge on any atom is -0.465 e. The average molecular weight is 300 g/mol. The molecule has 0 fully saturated rings. The van der Waals surface area contributed by atoms with Gasteiger partial charge in [-0.25, -0.2) is 4.79 Å². The number of hydrogen-bond acceptors (Lipinski definition) is 2. The largest absolute Gasteiger partial charge is 0.465 e. The number of halogens is 1. The van der Waals surface area contributed by atoms with Gasteiger partial charge in [0.05, 0.1) is 18.4 Å². The van der Waals surface area contributed by atoms with Crippen LogP contribution in [0.4, 0.5) is 0 Å². The first kappa shape index (κ1) is 13.7. The number of aryl methyl sites for hydroxylation is 1. The summed E-state index contributed by atoms with van der Waals surface area (Å²) in [5.74, 6) is -0.360. The van der Waals surface area contributed by atoms with Crippen molar-refractivity contribution in [3.8, 4) is 11.3 Å². The number of carbonyl (C=O) groups is 1. The Bertz CT molecular complexity index is 836. The third-order valence-corrected chi connectivity index (χ3v) is 3.96. The molecule has 0 aliphatic carbocycles. The van der Waals surface area contributed by atoms with Crippen LogP contribution in [0.3, 0.4) is 0 Å². The number of nitrogens with zero attached hydrogens (tertiary/aromatic N) is 1. The summed E-state index contributed by atoms with van der Waals surface area (Å²) in [6.07, 6.45) is 0. The smallest absolute Gasteiger partial charge is 0.340 e. The molecule has 0 radical (unpaired) electrons. The van der Waals surface area contributed by atoms with Crippen LogP contribution in [0.5, 0.6) is 0 Å². The standard InChI is InChI=1S/C17H14ClNO2/c1-19-14-10-6-4-8-12(14)15(17(20)21-2)16(19)11-7-3-5-9-13(11)18/h3-10H,1-2H3. The second-order valence-electron chi connectivity index (χ2n) is 4.77. The summed E-state index contributed by atoms with van der Waals surface area (Å²) in [6, 6.07) is 15.2. The molecule has 3 aromatic rings. The van der Waals surface area contributed by atoms with Crippen molar-refractivity contribution in [2.45, 2.75) is 0 Å². The number of methoxy groups -OCH3 is 1. The zero-order valence-corrected chi connectivity index (χ0v) is 12.5. The molecule has 3 nitrogen and oxygen atoms in total. The van der Waals surface area contributed by atoms with E-state index in [0.29, 0.717) is 10.6 Å². The van der Waals surface area contributed by atoms with Crippen molar-refractivity contribution < 1.29 is 9.53 Å². The highest BCUT2D eigenvalue weighted by Gasteiger charge is 2.23. The number of hydrogen-bond donors (Lipinski definition) is 0. The lowest BCUT2D eigenvalue weighted by atomic mass is 10.1. The summed E-state index contributed by atoms with van der Waals surface area (Å²) in [7, 11) is 3.31. The van der Waals surface area contributed by atoms with Crippen molar-refractivity contribution in [2.75, 3.05) is 7.11 Å². The zero-order valence-electron chi connectivity index (χ0n) is 11.8. The van der Waals surface area contributed by atoms with Crippen molar-refractivity contribution in [1.82, 2.24) is 4.57 Å². The molecule has 0 saturated carbocycles. The Balaban J connectivity index is 2.44. The van der Waals surface area contributed by atoms with Crippen LogP contribution in [0.25, 0.3) is 22.2 Å². The predicted molar refractivity (Wildman–Crippen MR) is 84.7 cm³/mol. The molecular weight excluding hydrogens is 286 g/mol. The van der Waals surface area contributed by atoms with Crippen molar-refractivity contribution in [1.29, 1.82) is 0 Å². The maximum atomic E-state index is 12.3. The second-order valence-corrected chi connectivity index (χ2v) is 5.18. The van der Waals surface area contributed by atoms with Crippen LogP contribution in [0.15, 0.2) is 48.5 Å². The van der Waals surface area contributed by atoms with Crippen molar-refractivity contribution in [2.24, 2.45) is 7.05 Å². The van der Waals surface area contributed by atoms with Crippen molar-refractivity contribution in [3.05, 3.63) is 59.1 Å². The van der Waals surface area contributed by atoms with Crippen LogP contribution in [0.2, 0.25) is 5.02 Å². The summed E-state index contributed by atoms with van der Waals surface area (Å²) < 4.78 is 6.94. The molecule has 1 heterocycles. The van der Waals surface area contributed by atoms with Gasteiger partial charge in [-0.05, 0) is 12.1 Å². The van der Waals surface area contributed by atoms with Crippen LogP contribution in [-0.4, -0.2) is 17.6 Å². The minimum absolute atomic E-state index is 0.360. The lowest BCUT2D eigenvalue weighted by Crippen LogP contribution is -2.04. The predicted octanol–water partition coefficient (Wildman–Crippen LogP) is 4.29. The molecule has 0 aliphatic rings. The maximum Gasteiger partial charge on any atom is 0.340 e. The van der Waals surface area contributed by atoms with E-state index < -0.39 is 0 Å². The topological polar surface area (TPSA) is 31.2 Å². The summed E-state index contributed by atoms with van der Waals surface area (Å²) >= 11 is 6.31. The van der Waals surface area contributed by atoms with Gasteiger partial charge in [-0.1, -0.05) is 48.0 Å². The normalized spacial score (nSPS) is 10.8. The van der Waals surface area contributed by atoms with E-state index in [1.165, 1.54) is 7.11 Å². The maximum absolute atomic E-state index is 12.3. The Morgan fingerprint density at radius 2 is 1.76 bits per heavy atom. The molecule has 0 saturated heterocycles. The first-order valence-electron chi connectivity index (χ1n) is 6.55. The molecule has 0 atom stereocenters. The van der Waals surface area contributed by atoms with E-state index >= 15 is 0 Å². The minimum atomic E-state index is -0.360. The number of carbonyl (C=O) groups excluding carboxylic acids is 1. The van der Waals surface area contributed by atoms with Gasteiger partial charge < -0.3 is 9.30 Å². The van der Waals surface area contributed by atoms with Crippen LogP contribution >= 0.6 is 11.6 Å². The van der Waals surface area contributed by atoms with E-state index in [2.05, 4.69) is 0 Å². The highest BCUT2D eigenvalue weighted by Crippen LogP contribution is 2.36. The molecule has 21 heavy (non-hydrogen) atoms. The van der Waals surface area contributed by atoms with Gasteiger partial charge in [0.2, 0.25) is 0 Å². The van der Waals surface area contributed by atoms with Crippen LogP contribution in [-0.2, 0) is 11.8 Å². The van der Waals surface area contributed by atoms with Gasteiger partial charge in [0, 0.05) is 28.5 Å². The first-order valence-corrected chi connectivity index (χ1v) is 6.93. The van der Waals surface area contributed by atoms with Crippen LogP contribution in [0.1, 0.15) is 10.4 Å². The van der Waals surface area contributed by atoms with Crippen molar-refractivity contribution in [3.63, 3.8) is 0 Å².